The number of Topliss-reactive ketones (excluding diaryl/α,β-unsaturated/α-hetero) is 1. The number of ether oxygens (including phenoxy) is 2. The molecule has 0 N–H and O–H groups in total. The van der Waals surface area contributed by atoms with E-state index in [0.29, 0.717) is 18.8 Å². The predicted octanol–water partition coefficient (Wildman–Crippen LogP) is 4.80. The molecule has 1 aliphatic rings. The summed E-state index contributed by atoms with van der Waals surface area (Å²) in [5.41, 5.74) is 6.22. The Morgan fingerprint density at radius 3 is 2.03 bits per heavy atom. The number of fused-ring (bicyclic) bond motifs is 3. The van der Waals surface area contributed by atoms with E-state index in [9.17, 15) is 9.59 Å². The van der Waals surface area contributed by atoms with Crippen LogP contribution in [0.15, 0.2) is 72.8 Å². The van der Waals surface area contributed by atoms with Crippen LogP contribution in [0, 0.1) is 0 Å². The van der Waals surface area contributed by atoms with Gasteiger partial charge in [-0.2, -0.15) is 0 Å². The summed E-state index contributed by atoms with van der Waals surface area (Å²) < 4.78 is 10.8. The van der Waals surface area contributed by atoms with Crippen LogP contribution >= 0.6 is 0 Å². The van der Waals surface area contributed by atoms with Gasteiger partial charge in [-0.15, -0.1) is 0 Å². The molecule has 0 saturated carbocycles. The molecule has 0 fully saturated rings. The van der Waals surface area contributed by atoms with Crippen molar-refractivity contribution in [2.24, 2.45) is 0 Å². The lowest BCUT2D eigenvalue weighted by Crippen LogP contribution is -2.14. The normalized spacial score (nSPS) is 12.3. The average Bonchev–Trinajstić information content (AvgIpc) is 3.10. The molecule has 0 spiro atoms. The van der Waals surface area contributed by atoms with Crippen LogP contribution in [0.4, 0.5) is 0 Å². The zero-order valence-electron chi connectivity index (χ0n) is 17.0. The Labute approximate surface area is 176 Å². The molecule has 3 aromatic rings. The highest BCUT2D eigenvalue weighted by atomic mass is 16.5. The Morgan fingerprint density at radius 2 is 1.43 bits per heavy atom. The molecule has 0 amide bonds. The summed E-state index contributed by atoms with van der Waals surface area (Å²) in [5, 5.41) is 0. The molecular weight excluding hydrogens is 376 g/mol. The van der Waals surface area contributed by atoms with Crippen molar-refractivity contribution in [1.82, 2.24) is 0 Å². The van der Waals surface area contributed by atoms with Gasteiger partial charge in [-0.05, 0) is 34.7 Å². The molecule has 152 valence electrons. The fourth-order valence-corrected chi connectivity index (χ4v) is 3.92. The van der Waals surface area contributed by atoms with Gasteiger partial charge in [0.15, 0.2) is 5.78 Å². The molecule has 1 aliphatic carbocycles. The van der Waals surface area contributed by atoms with Gasteiger partial charge in [0.05, 0.1) is 6.42 Å². The molecular formula is C26H24O4. The SMILES string of the molecule is CCOCC(=O)c1ccc(CC(=O)OCC2c3ccccc3-c3ccccc32)cc1. The third-order valence-electron chi connectivity index (χ3n) is 5.44. The van der Waals surface area contributed by atoms with Gasteiger partial charge in [-0.1, -0.05) is 72.8 Å². The van der Waals surface area contributed by atoms with Crippen LogP contribution in [-0.4, -0.2) is 31.6 Å². The first kappa shape index (κ1) is 20.0. The van der Waals surface area contributed by atoms with Crippen LogP contribution in [0.5, 0.6) is 0 Å². The first-order valence-corrected chi connectivity index (χ1v) is 10.2. The summed E-state index contributed by atoms with van der Waals surface area (Å²) in [6, 6.07) is 23.6. The minimum atomic E-state index is -0.273. The van der Waals surface area contributed by atoms with Crippen molar-refractivity contribution in [2.75, 3.05) is 19.8 Å². The number of benzene rings is 3. The second-order valence-electron chi connectivity index (χ2n) is 7.34. The van der Waals surface area contributed by atoms with E-state index in [0.717, 1.165) is 5.56 Å². The predicted molar refractivity (Wildman–Crippen MR) is 116 cm³/mol. The van der Waals surface area contributed by atoms with E-state index in [1.807, 2.05) is 31.2 Å². The van der Waals surface area contributed by atoms with Crippen molar-refractivity contribution >= 4 is 11.8 Å². The first-order chi connectivity index (χ1) is 14.7. The Bertz CT molecular complexity index is 1010. The summed E-state index contributed by atoms with van der Waals surface area (Å²) in [6.07, 6.45) is 0.177. The topological polar surface area (TPSA) is 52.6 Å². The fourth-order valence-electron chi connectivity index (χ4n) is 3.92. The van der Waals surface area contributed by atoms with Crippen LogP contribution in [0.2, 0.25) is 0 Å². The van der Waals surface area contributed by atoms with Crippen LogP contribution in [0.1, 0.15) is 39.9 Å². The van der Waals surface area contributed by atoms with Crippen LogP contribution < -0.4 is 0 Å². The largest absolute Gasteiger partial charge is 0.464 e. The summed E-state index contributed by atoms with van der Waals surface area (Å²) in [7, 11) is 0. The highest BCUT2D eigenvalue weighted by Gasteiger charge is 2.28. The number of hydrogen-bond acceptors (Lipinski definition) is 4. The second-order valence-corrected chi connectivity index (χ2v) is 7.34. The van der Waals surface area contributed by atoms with Gasteiger partial charge >= 0.3 is 5.97 Å². The van der Waals surface area contributed by atoms with Gasteiger partial charge in [0.1, 0.15) is 13.2 Å². The van der Waals surface area contributed by atoms with Crippen molar-refractivity contribution in [2.45, 2.75) is 19.3 Å². The molecule has 30 heavy (non-hydrogen) atoms. The van der Waals surface area contributed by atoms with E-state index in [1.165, 1.54) is 22.3 Å². The molecule has 0 atom stereocenters. The molecule has 4 heteroatoms. The molecule has 3 aromatic carbocycles. The van der Waals surface area contributed by atoms with Gasteiger partial charge in [0.25, 0.3) is 0 Å². The smallest absolute Gasteiger partial charge is 0.310 e. The second kappa shape index (κ2) is 9.06. The minimum Gasteiger partial charge on any atom is -0.464 e. The summed E-state index contributed by atoms with van der Waals surface area (Å²) in [5.74, 6) is -0.283. The zero-order chi connectivity index (χ0) is 20.9. The molecule has 0 bridgehead atoms. The van der Waals surface area contributed by atoms with Crippen LogP contribution in [0.3, 0.4) is 0 Å². The van der Waals surface area contributed by atoms with Crippen LogP contribution in [-0.2, 0) is 20.7 Å². The van der Waals surface area contributed by atoms with E-state index >= 15 is 0 Å². The van der Waals surface area contributed by atoms with Crippen molar-refractivity contribution in [1.29, 1.82) is 0 Å². The summed E-state index contributed by atoms with van der Waals surface area (Å²) in [6.45, 7) is 2.75. The van der Waals surface area contributed by atoms with E-state index in [2.05, 4.69) is 24.3 Å². The minimum absolute atomic E-state index is 0.0555. The molecule has 4 rings (SSSR count). The van der Waals surface area contributed by atoms with E-state index < -0.39 is 0 Å². The van der Waals surface area contributed by atoms with E-state index in [4.69, 9.17) is 9.47 Å². The Morgan fingerprint density at radius 1 is 0.833 bits per heavy atom. The molecule has 0 heterocycles. The fraction of sp³-hybridized carbons (Fsp3) is 0.231. The van der Waals surface area contributed by atoms with Gasteiger partial charge in [-0.25, -0.2) is 0 Å². The number of rotatable bonds is 8. The van der Waals surface area contributed by atoms with Gasteiger partial charge < -0.3 is 9.47 Å². The quantitative estimate of drug-likeness (QED) is 0.402. The number of hydrogen-bond donors (Lipinski definition) is 0. The van der Waals surface area contributed by atoms with Crippen LogP contribution in [0.25, 0.3) is 11.1 Å². The Hall–Kier alpha value is -3.24. The van der Waals surface area contributed by atoms with Crippen molar-refractivity contribution in [3.05, 3.63) is 95.1 Å². The van der Waals surface area contributed by atoms with E-state index in [-0.39, 0.29) is 30.7 Å². The lowest BCUT2D eigenvalue weighted by Gasteiger charge is -2.14. The Kier molecular flexibility index (Phi) is 6.05. The van der Waals surface area contributed by atoms with Gasteiger partial charge in [0.2, 0.25) is 0 Å². The molecule has 0 radical (unpaired) electrons. The Balaban J connectivity index is 1.38. The molecule has 0 unspecified atom stereocenters. The monoisotopic (exact) mass is 400 g/mol. The summed E-state index contributed by atoms with van der Waals surface area (Å²) >= 11 is 0. The number of esters is 1. The number of ketones is 1. The van der Waals surface area contributed by atoms with Gasteiger partial charge in [0, 0.05) is 18.1 Å². The lowest BCUT2D eigenvalue weighted by molar-refractivity contribution is -0.143. The lowest BCUT2D eigenvalue weighted by atomic mass is 9.98. The number of carbonyl (C=O) groups is 2. The van der Waals surface area contributed by atoms with Gasteiger partial charge in [-0.3, -0.25) is 9.59 Å². The average molecular weight is 400 g/mol. The standard InChI is InChI=1S/C26H24O4/c1-2-29-17-25(27)19-13-11-18(12-14-19)15-26(28)30-16-24-22-9-5-3-7-20(22)21-8-4-6-10-23(21)24/h3-14,24H,2,15-17H2,1H3. The van der Waals surface area contributed by atoms with Crippen molar-refractivity contribution in [3.63, 3.8) is 0 Å². The van der Waals surface area contributed by atoms with Crippen molar-refractivity contribution < 1.29 is 19.1 Å². The zero-order valence-corrected chi connectivity index (χ0v) is 17.0. The maximum atomic E-state index is 12.4. The molecule has 0 aromatic heterocycles. The number of carbonyl (C=O) groups excluding carboxylic acids is 2. The molecule has 4 nitrogen and oxygen atoms in total. The third-order valence-corrected chi connectivity index (χ3v) is 5.44. The molecule has 0 saturated heterocycles. The van der Waals surface area contributed by atoms with Crippen molar-refractivity contribution in [3.8, 4) is 11.1 Å². The molecule has 0 aliphatic heterocycles. The third kappa shape index (κ3) is 4.19. The van der Waals surface area contributed by atoms with E-state index in [1.54, 1.807) is 24.3 Å². The highest BCUT2D eigenvalue weighted by Crippen LogP contribution is 2.44. The highest BCUT2D eigenvalue weighted by molar-refractivity contribution is 5.97. The maximum Gasteiger partial charge on any atom is 0.310 e. The first-order valence-electron chi connectivity index (χ1n) is 10.2. The summed E-state index contributed by atoms with van der Waals surface area (Å²) in [4.78, 5) is 24.4. The maximum absolute atomic E-state index is 12.4.